The van der Waals surface area contributed by atoms with Crippen LogP contribution in [0.1, 0.15) is 36.1 Å². The predicted molar refractivity (Wildman–Crippen MR) is 55.7 cm³/mol. The number of rotatable bonds is 3. The Kier molecular flexibility index (Phi) is 2.91. The Morgan fingerprint density at radius 2 is 2.64 bits per heavy atom. The fraction of sp³-hybridized carbons (Fsp3) is 0.600. The highest BCUT2D eigenvalue weighted by Gasteiger charge is 2.19. The maximum Gasteiger partial charge on any atom is 0.195 e. The van der Waals surface area contributed by atoms with Gasteiger partial charge >= 0.3 is 0 Å². The monoisotopic (exact) mass is 211 g/mol. The first-order valence-electron chi connectivity index (χ1n) is 4.82. The lowest BCUT2D eigenvalue weighted by Crippen LogP contribution is -2.02. The average Bonchev–Trinajstić information content (AvgIpc) is 2.75. The Hall–Kier alpha value is -0.770. The van der Waals surface area contributed by atoms with Crippen LogP contribution in [0, 0.1) is 0 Å². The van der Waals surface area contributed by atoms with Gasteiger partial charge in [-0.25, -0.2) is 4.98 Å². The summed E-state index contributed by atoms with van der Waals surface area (Å²) in [6.07, 6.45) is 4.84. The van der Waals surface area contributed by atoms with Crippen LogP contribution in [-0.2, 0) is 6.42 Å². The second-order valence-corrected chi connectivity index (χ2v) is 4.93. The van der Waals surface area contributed by atoms with Gasteiger partial charge in [0.05, 0.1) is 0 Å². The van der Waals surface area contributed by atoms with Gasteiger partial charge in [0.25, 0.3) is 0 Å². The highest BCUT2D eigenvalue weighted by atomic mass is 32.2. The summed E-state index contributed by atoms with van der Waals surface area (Å²) in [7, 11) is 0. The van der Waals surface area contributed by atoms with E-state index in [-0.39, 0.29) is 5.78 Å². The molecule has 3 nitrogen and oxygen atoms in total. The zero-order chi connectivity index (χ0) is 9.97. The molecule has 2 rings (SSSR count). The number of carbonyl (C=O) groups excluding carboxylic acids is 1. The molecule has 1 fully saturated rings. The Morgan fingerprint density at radius 1 is 1.79 bits per heavy atom. The fourth-order valence-corrected chi connectivity index (χ4v) is 2.83. The van der Waals surface area contributed by atoms with Crippen molar-refractivity contribution >= 4 is 17.5 Å². The quantitative estimate of drug-likeness (QED) is 0.720. The van der Waals surface area contributed by atoms with E-state index in [0.717, 1.165) is 6.42 Å². The first-order chi connectivity index (χ1) is 6.75. The molecule has 0 amide bonds. The molecule has 0 spiro atoms. The molecule has 0 N–H and O–H groups in total. The van der Waals surface area contributed by atoms with Crippen LogP contribution < -0.4 is 0 Å². The molecule has 2 heterocycles. The van der Waals surface area contributed by atoms with E-state index in [4.69, 9.17) is 4.42 Å². The largest absolute Gasteiger partial charge is 0.448 e. The van der Waals surface area contributed by atoms with E-state index in [2.05, 4.69) is 4.98 Å². The molecular formula is C10H13NO2S. The van der Waals surface area contributed by atoms with Crippen molar-refractivity contribution in [3.05, 3.63) is 17.8 Å². The first kappa shape index (κ1) is 9.77. The van der Waals surface area contributed by atoms with Gasteiger partial charge in [-0.2, -0.15) is 11.8 Å². The van der Waals surface area contributed by atoms with E-state index in [1.54, 1.807) is 0 Å². The van der Waals surface area contributed by atoms with Gasteiger partial charge in [-0.3, -0.25) is 4.79 Å². The summed E-state index contributed by atoms with van der Waals surface area (Å²) in [6, 6.07) is 0. The fourth-order valence-electron chi connectivity index (χ4n) is 1.57. The van der Waals surface area contributed by atoms with Gasteiger partial charge < -0.3 is 4.42 Å². The highest BCUT2D eigenvalue weighted by Crippen LogP contribution is 2.28. The lowest BCUT2D eigenvalue weighted by molar-refractivity contribution is 0.101. The maximum absolute atomic E-state index is 11.0. The molecule has 0 saturated carbocycles. The van der Waals surface area contributed by atoms with Crippen LogP contribution in [0.15, 0.2) is 10.7 Å². The summed E-state index contributed by atoms with van der Waals surface area (Å²) in [5.41, 5.74) is 0.447. The van der Waals surface area contributed by atoms with Crippen molar-refractivity contribution in [1.29, 1.82) is 0 Å². The molecule has 76 valence electrons. The zero-order valence-corrected chi connectivity index (χ0v) is 8.97. The molecule has 0 aliphatic carbocycles. The molecule has 4 heteroatoms. The van der Waals surface area contributed by atoms with E-state index < -0.39 is 0 Å². The zero-order valence-electron chi connectivity index (χ0n) is 8.16. The highest BCUT2D eigenvalue weighted by molar-refractivity contribution is 8.00. The predicted octanol–water partition coefficient (Wildman–Crippen LogP) is 2.32. The molecule has 1 atom stereocenters. The van der Waals surface area contributed by atoms with Gasteiger partial charge in [-0.15, -0.1) is 0 Å². The number of hydrogen-bond donors (Lipinski definition) is 0. The van der Waals surface area contributed by atoms with Crippen molar-refractivity contribution in [2.45, 2.75) is 31.4 Å². The topological polar surface area (TPSA) is 43.1 Å². The Morgan fingerprint density at radius 3 is 3.21 bits per heavy atom. The van der Waals surface area contributed by atoms with E-state index in [1.165, 1.54) is 31.8 Å². The standard InChI is InChI=1S/C10H13NO2S/c1-7(12)9-6-13-10(11-9)5-8-3-2-4-14-8/h6,8H,2-5H2,1H3. The summed E-state index contributed by atoms with van der Waals surface area (Å²) >= 11 is 1.97. The number of aromatic nitrogens is 1. The summed E-state index contributed by atoms with van der Waals surface area (Å²) in [6.45, 7) is 1.51. The minimum absolute atomic E-state index is 0.0286. The van der Waals surface area contributed by atoms with Crippen LogP contribution >= 0.6 is 11.8 Å². The molecule has 0 bridgehead atoms. The Labute approximate surface area is 87.3 Å². The molecule has 0 radical (unpaired) electrons. The third-order valence-electron chi connectivity index (χ3n) is 2.34. The first-order valence-corrected chi connectivity index (χ1v) is 5.87. The molecule has 1 saturated heterocycles. The van der Waals surface area contributed by atoms with Crippen molar-refractivity contribution in [1.82, 2.24) is 4.98 Å². The third-order valence-corrected chi connectivity index (χ3v) is 3.74. The van der Waals surface area contributed by atoms with E-state index in [1.807, 2.05) is 11.8 Å². The molecule has 1 aliphatic rings. The average molecular weight is 211 g/mol. The molecule has 1 aliphatic heterocycles. The number of Topliss-reactive ketones (excluding diaryl/α,β-unsaturated/α-hetero) is 1. The molecule has 1 aromatic rings. The van der Waals surface area contributed by atoms with Crippen LogP contribution in [0.2, 0.25) is 0 Å². The normalized spacial score (nSPS) is 21.4. The Balaban J connectivity index is 1.98. The van der Waals surface area contributed by atoms with Gasteiger partial charge in [0.15, 0.2) is 11.7 Å². The van der Waals surface area contributed by atoms with Gasteiger partial charge in [0, 0.05) is 18.6 Å². The number of ketones is 1. The summed E-state index contributed by atoms with van der Waals surface area (Å²) in [4.78, 5) is 15.1. The van der Waals surface area contributed by atoms with Crippen molar-refractivity contribution in [3.8, 4) is 0 Å². The van der Waals surface area contributed by atoms with Crippen molar-refractivity contribution < 1.29 is 9.21 Å². The number of thioether (sulfide) groups is 1. The number of oxazole rings is 1. The van der Waals surface area contributed by atoms with Gasteiger partial charge in [0.1, 0.15) is 12.0 Å². The van der Waals surface area contributed by atoms with Crippen molar-refractivity contribution in [3.63, 3.8) is 0 Å². The second kappa shape index (κ2) is 4.17. The molecule has 0 aromatic carbocycles. The summed E-state index contributed by atoms with van der Waals surface area (Å²) < 4.78 is 5.24. The van der Waals surface area contributed by atoms with Gasteiger partial charge in [-0.1, -0.05) is 0 Å². The number of carbonyl (C=O) groups is 1. The van der Waals surface area contributed by atoms with Crippen LogP contribution in [0.25, 0.3) is 0 Å². The van der Waals surface area contributed by atoms with Gasteiger partial charge in [-0.05, 0) is 18.6 Å². The molecule has 14 heavy (non-hydrogen) atoms. The smallest absolute Gasteiger partial charge is 0.195 e. The second-order valence-electron chi connectivity index (χ2n) is 3.52. The lowest BCUT2D eigenvalue weighted by Gasteiger charge is -2.02. The Bertz CT molecular complexity index is 329. The van der Waals surface area contributed by atoms with Crippen LogP contribution in [0.4, 0.5) is 0 Å². The SMILES string of the molecule is CC(=O)c1coc(CC2CCCS2)n1. The van der Waals surface area contributed by atoms with E-state index in [0.29, 0.717) is 16.8 Å². The van der Waals surface area contributed by atoms with E-state index in [9.17, 15) is 4.79 Å². The molecule has 1 unspecified atom stereocenters. The molecular weight excluding hydrogens is 198 g/mol. The number of nitrogens with zero attached hydrogens (tertiary/aromatic N) is 1. The van der Waals surface area contributed by atoms with Crippen LogP contribution in [0.5, 0.6) is 0 Å². The van der Waals surface area contributed by atoms with Gasteiger partial charge in [0.2, 0.25) is 0 Å². The molecule has 1 aromatic heterocycles. The van der Waals surface area contributed by atoms with Crippen molar-refractivity contribution in [2.75, 3.05) is 5.75 Å². The van der Waals surface area contributed by atoms with Crippen LogP contribution in [0.3, 0.4) is 0 Å². The summed E-state index contributed by atoms with van der Waals surface area (Å²) in [5, 5.41) is 0.633. The maximum atomic E-state index is 11.0. The summed E-state index contributed by atoms with van der Waals surface area (Å²) in [5.74, 6) is 1.92. The minimum Gasteiger partial charge on any atom is -0.448 e. The number of hydrogen-bond acceptors (Lipinski definition) is 4. The van der Waals surface area contributed by atoms with E-state index >= 15 is 0 Å². The lowest BCUT2D eigenvalue weighted by atomic mass is 10.2. The minimum atomic E-state index is -0.0286. The van der Waals surface area contributed by atoms with Crippen LogP contribution in [-0.4, -0.2) is 21.8 Å². The third kappa shape index (κ3) is 2.18. The van der Waals surface area contributed by atoms with Crippen molar-refractivity contribution in [2.24, 2.45) is 0 Å².